The highest BCUT2D eigenvalue weighted by atomic mass is 32.1. The van der Waals surface area contributed by atoms with Gasteiger partial charge in [0.15, 0.2) is 5.11 Å². The number of benzene rings is 2. The molecule has 2 rings (SSSR count). The van der Waals surface area contributed by atoms with E-state index >= 15 is 0 Å². The average molecular weight is 351 g/mol. The van der Waals surface area contributed by atoms with Crippen molar-refractivity contribution in [3.63, 3.8) is 0 Å². The highest BCUT2D eigenvalue weighted by Crippen LogP contribution is 2.26. The minimum atomic E-state index is -0.659. The lowest BCUT2D eigenvalue weighted by molar-refractivity contribution is -0.384. The molecule has 2 N–H and O–H groups in total. The summed E-state index contributed by atoms with van der Waals surface area (Å²) in [6.07, 6.45) is 0. The van der Waals surface area contributed by atoms with Gasteiger partial charge in [-0.15, -0.1) is 0 Å². The molecule has 0 aliphatic rings. The smallest absolute Gasteiger partial charge is 0.271 e. The number of hydrogen-bond acceptors (Lipinski definition) is 5. The maximum atomic E-state index is 13.8. The van der Waals surface area contributed by atoms with E-state index in [1.807, 2.05) is 0 Å². The molecule has 24 heavy (non-hydrogen) atoms. The van der Waals surface area contributed by atoms with Crippen LogP contribution in [0.1, 0.15) is 0 Å². The molecular weight excluding hydrogens is 337 g/mol. The van der Waals surface area contributed by atoms with Crippen molar-refractivity contribution < 1.29 is 18.8 Å². The van der Waals surface area contributed by atoms with Gasteiger partial charge in [0.2, 0.25) is 0 Å². The highest BCUT2D eigenvalue weighted by Gasteiger charge is 2.12. The van der Waals surface area contributed by atoms with Crippen molar-refractivity contribution in [2.45, 2.75) is 0 Å². The first-order valence-electron chi connectivity index (χ1n) is 6.68. The van der Waals surface area contributed by atoms with Gasteiger partial charge < -0.3 is 20.1 Å². The van der Waals surface area contributed by atoms with Crippen molar-refractivity contribution in [3.8, 4) is 11.5 Å². The Bertz CT molecular complexity index is 763. The molecule has 0 aromatic heterocycles. The SMILES string of the molecule is COc1cc(NC(=S)Nc2cc([N+](=O)[O-])ccc2F)cc(OC)c1. The number of hydrogen-bond donors (Lipinski definition) is 2. The summed E-state index contributed by atoms with van der Waals surface area (Å²) in [4.78, 5) is 10.1. The Hall–Kier alpha value is -2.94. The topological polar surface area (TPSA) is 85.7 Å². The average Bonchev–Trinajstić information content (AvgIpc) is 2.56. The van der Waals surface area contributed by atoms with Crippen molar-refractivity contribution in [1.29, 1.82) is 0 Å². The molecule has 0 unspecified atom stereocenters. The van der Waals surface area contributed by atoms with Gasteiger partial charge in [0, 0.05) is 36.0 Å². The molecule has 126 valence electrons. The van der Waals surface area contributed by atoms with E-state index in [2.05, 4.69) is 10.6 Å². The Kier molecular flexibility index (Phi) is 5.48. The van der Waals surface area contributed by atoms with E-state index in [4.69, 9.17) is 21.7 Å². The zero-order chi connectivity index (χ0) is 17.7. The fourth-order valence-electron chi connectivity index (χ4n) is 1.89. The molecule has 0 radical (unpaired) electrons. The minimum Gasteiger partial charge on any atom is -0.497 e. The lowest BCUT2D eigenvalue weighted by Gasteiger charge is -2.13. The Labute approximate surface area is 142 Å². The van der Waals surface area contributed by atoms with Crippen LogP contribution in [0, 0.1) is 15.9 Å². The molecule has 0 saturated heterocycles. The van der Waals surface area contributed by atoms with Gasteiger partial charge in [0.1, 0.15) is 17.3 Å². The summed E-state index contributed by atoms with van der Waals surface area (Å²) < 4.78 is 24.0. The number of thiocarbonyl (C=S) groups is 1. The summed E-state index contributed by atoms with van der Waals surface area (Å²) in [5, 5.41) is 16.2. The van der Waals surface area contributed by atoms with Gasteiger partial charge in [-0.2, -0.15) is 0 Å². The van der Waals surface area contributed by atoms with E-state index in [1.54, 1.807) is 18.2 Å². The number of nitro groups is 1. The van der Waals surface area contributed by atoms with Gasteiger partial charge in [-0.05, 0) is 18.3 Å². The van der Waals surface area contributed by atoms with Crippen molar-refractivity contribution in [2.24, 2.45) is 0 Å². The molecule has 2 aromatic carbocycles. The first-order chi connectivity index (χ1) is 11.4. The third kappa shape index (κ3) is 4.29. The first kappa shape index (κ1) is 17.4. The zero-order valence-corrected chi connectivity index (χ0v) is 13.6. The van der Waals surface area contributed by atoms with Crippen molar-refractivity contribution in [2.75, 3.05) is 24.9 Å². The van der Waals surface area contributed by atoms with Crippen molar-refractivity contribution in [3.05, 3.63) is 52.3 Å². The third-order valence-corrected chi connectivity index (χ3v) is 3.22. The van der Waals surface area contributed by atoms with Crippen LogP contribution >= 0.6 is 12.2 Å². The number of nitrogens with one attached hydrogen (secondary N) is 2. The standard InChI is InChI=1S/C15H14FN3O4S/c1-22-11-5-9(6-12(8-11)23-2)17-15(24)18-14-7-10(19(20)21)3-4-13(14)16/h3-8H,1-2H3,(H2,17,18,24). The maximum absolute atomic E-state index is 13.8. The van der Waals surface area contributed by atoms with Gasteiger partial charge in [-0.3, -0.25) is 10.1 Å². The number of non-ortho nitro benzene ring substituents is 1. The molecule has 0 fully saturated rings. The monoisotopic (exact) mass is 351 g/mol. The molecule has 7 nitrogen and oxygen atoms in total. The molecule has 0 heterocycles. The fraction of sp³-hybridized carbons (Fsp3) is 0.133. The maximum Gasteiger partial charge on any atom is 0.271 e. The molecule has 9 heteroatoms. The summed E-state index contributed by atoms with van der Waals surface area (Å²) in [5.74, 6) is 0.426. The number of rotatable bonds is 5. The predicted molar refractivity (Wildman–Crippen MR) is 92.4 cm³/mol. The van der Waals surface area contributed by atoms with Gasteiger partial charge in [0.25, 0.3) is 5.69 Å². The van der Waals surface area contributed by atoms with E-state index in [9.17, 15) is 14.5 Å². The van der Waals surface area contributed by atoms with Crippen LogP contribution in [-0.2, 0) is 0 Å². The number of anilines is 2. The minimum absolute atomic E-state index is 0.0599. The van der Waals surface area contributed by atoms with Gasteiger partial charge >= 0.3 is 0 Å². The Balaban J connectivity index is 2.16. The summed E-state index contributed by atoms with van der Waals surface area (Å²) in [6, 6.07) is 8.15. The summed E-state index contributed by atoms with van der Waals surface area (Å²) >= 11 is 5.11. The molecular formula is C15H14FN3O4S. The van der Waals surface area contributed by atoms with E-state index in [0.717, 1.165) is 18.2 Å². The van der Waals surface area contributed by atoms with E-state index in [-0.39, 0.29) is 16.5 Å². The van der Waals surface area contributed by atoms with Gasteiger partial charge in [-0.25, -0.2) is 4.39 Å². The van der Waals surface area contributed by atoms with Crippen LogP contribution in [0.15, 0.2) is 36.4 Å². The second-order valence-corrected chi connectivity index (χ2v) is 5.01. The molecule has 0 atom stereocenters. The van der Waals surface area contributed by atoms with Crippen LogP contribution in [-0.4, -0.2) is 24.3 Å². The van der Waals surface area contributed by atoms with E-state index in [0.29, 0.717) is 17.2 Å². The van der Waals surface area contributed by atoms with E-state index in [1.165, 1.54) is 14.2 Å². The molecule has 2 aromatic rings. The molecule has 0 amide bonds. The Morgan fingerprint density at radius 1 is 1.12 bits per heavy atom. The van der Waals surface area contributed by atoms with Gasteiger partial charge in [0.05, 0.1) is 24.8 Å². The molecule has 0 aliphatic carbocycles. The highest BCUT2D eigenvalue weighted by molar-refractivity contribution is 7.80. The second-order valence-electron chi connectivity index (χ2n) is 4.60. The van der Waals surface area contributed by atoms with Crippen LogP contribution in [0.4, 0.5) is 21.5 Å². The first-order valence-corrected chi connectivity index (χ1v) is 7.08. The normalized spacial score (nSPS) is 9.96. The van der Waals surface area contributed by atoms with Crippen LogP contribution < -0.4 is 20.1 Å². The van der Waals surface area contributed by atoms with Crippen molar-refractivity contribution >= 4 is 34.4 Å². The fourth-order valence-corrected chi connectivity index (χ4v) is 2.11. The summed E-state index contributed by atoms with van der Waals surface area (Å²) in [6.45, 7) is 0. The number of nitrogens with zero attached hydrogens (tertiary/aromatic N) is 1. The number of halogens is 1. The van der Waals surface area contributed by atoms with Crippen LogP contribution in [0.25, 0.3) is 0 Å². The number of nitro benzene ring substituents is 1. The molecule has 0 saturated carbocycles. The largest absolute Gasteiger partial charge is 0.497 e. The Morgan fingerprint density at radius 3 is 2.29 bits per heavy atom. The van der Waals surface area contributed by atoms with Crippen LogP contribution in [0.5, 0.6) is 11.5 Å². The van der Waals surface area contributed by atoms with Gasteiger partial charge in [-0.1, -0.05) is 0 Å². The third-order valence-electron chi connectivity index (χ3n) is 3.02. The second kappa shape index (κ2) is 7.55. The van der Waals surface area contributed by atoms with Crippen LogP contribution in [0.3, 0.4) is 0 Å². The van der Waals surface area contributed by atoms with E-state index < -0.39 is 10.7 Å². The quantitative estimate of drug-likeness (QED) is 0.484. The lowest BCUT2D eigenvalue weighted by Crippen LogP contribution is -2.20. The summed E-state index contributed by atoms with van der Waals surface area (Å²) in [7, 11) is 3.02. The number of ether oxygens (including phenoxy) is 2. The van der Waals surface area contributed by atoms with Crippen molar-refractivity contribution in [1.82, 2.24) is 0 Å². The Morgan fingerprint density at radius 2 is 1.75 bits per heavy atom. The summed E-state index contributed by atoms with van der Waals surface area (Å²) in [5.41, 5.74) is 0.204. The molecule has 0 aliphatic heterocycles. The zero-order valence-electron chi connectivity index (χ0n) is 12.8. The van der Waals surface area contributed by atoms with Crippen LogP contribution in [0.2, 0.25) is 0 Å². The molecule has 0 bridgehead atoms. The lowest BCUT2D eigenvalue weighted by atomic mass is 10.2. The predicted octanol–water partition coefficient (Wildman–Crippen LogP) is 3.56. The molecule has 0 spiro atoms. The number of methoxy groups -OCH3 is 2.